The molecule has 9 heteroatoms. The predicted molar refractivity (Wildman–Crippen MR) is 102 cm³/mol. The van der Waals surface area contributed by atoms with Gasteiger partial charge in [-0.25, -0.2) is 0 Å². The molecule has 2 fully saturated rings. The van der Waals surface area contributed by atoms with Gasteiger partial charge in [0.15, 0.2) is 0 Å². The Balaban J connectivity index is 1.28. The first-order chi connectivity index (χ1) is 13.2. The zero-order valence-electron chi connectivity index (χ0n) is 15.7. The largest absolute Gasteiger partial charge is 0.491 e. The van der Waals surface area contributed by atoms with E-state index in [-0.39, 0.29) is 0 Å². The highest BCUT2D eigenvalue weighted by Gasteiger charge is 2.33. The van der Waals surface area contributed by atoms with E-state index in [9.17, 15) is 8.42 Å². The highest BCUT2D eigenvalue weighted by atomic mass is 32.2. The van der Waals surface area contributed by atoms with Crippen molar-refractivity contribution >= 4 is 10.2 Å². The zero-order valence-corrected chi connectivity index (χ0v) is 16.5. The molecule has 1 aromatic carbocycles. The minimum absolute atomic E-state index is 0.446. The fourth-order valence-corrected chi connectivity index (χ4v) is 4.72. The third kappa shape index (κ3) is 6.13. The quantitative estimate of drug-likeness (QED) is 0.556. The SMILES string of the molecule is O=S(=O)(N1CCOCC1)N1CCN(CCOCCOc2ccccc2)CC1. The van der Waals surface area contributed by atoms with Crippen molar-refractivity contribution in [1.82, 2.24) is 13.5 Å². The van der Waals surface area contributed by atoms with Crippen LogP contribution in [-0.4, -0.2) is 101 Å². The van der Waals surface area contributed by atoms with Gasteiger partial charge in [0.05, 0.1) is 26.4 Å². The van der Waals surface area contributed by atoms with Crippen molar-refractivity contribution in [2.45, 2.75) is 0 Å². The average molecular weight is 400 g/mol. The average Bonchev–Trinajstić information content (AvgIpc) is 2.72. The van der Waals surface area contributed by atoms with Gasteiger partial charge in [-0.15, -0.1) is 0 Å². The smallest absolute Gasteiger partial charge is 0.282 e. The molecule has 0 atom stereocenters. The Morgan fingerprint density at radius 1 is 0.852 bits per heavy atom. The maximum absolute atomic E-state index is 12.6. The monoisotopic (exact) mass is 399 g/mol. The molecule has 0 N–H and O–H groups in total. The van der Waals surface area contributed by atoms with Crippen LogP contribution in [0.25, 0.3) is 0 Å². The normalized spacial score (nSPS) is 20.6. The van der Waals surface area contributed by atoms with Crippen LogP contribution in [0.4, 0.5) is 0 Å². The van der Waals surface area contributed by atoms with E-state index in [0.717, 1.165) is 25.4 Å². The standard InChI is InChI=1S/C18H29N3O5S/c22-27(23,21-11-14-24-15-12-21)20-8-6-19(7-9-20)10-13-25-16-17-26-18-4-2-1-3-5-18/h1-5H,6-17H2. The molecule has 1 aromatic rings. The van der Waals surface area contributed by atoms with Crippen LogP contribution < -0.4 is 4.74 Å². The molecule has 2 heterocycles. The van der Waals surface area contributed by atoms with Crippen molar-refractivity contribution in [2.24, 2.45) is 0 Å². The van der Waals surface area contributed by atoms with Crippen LogP contribution in [-0.2, 0) is 19.7 Å². The van der Waals surface area contributed by atoms with Crippen LogP contribution in [0.2, 0.25) is 0 Å². The number of rotatable bonds is 9. The lowest BCUT2D eigenvalue weighted by atomic mass is 10.3. The van der Waals surface area contributed by atoms with E-state index < -0.39 is 10.2 Å². The molecule has 0 unspecified atom stereocenters. The van der Waals surface area contributed by atoms with Gasteiger partial charge in [-0.05, 0) is 12.1 Å². The summed E-state index contributed by atoms with van der Waals surface area (Å²) < 4.78 is 44.8. The van der Waals surface area contributed by atoms with Gasteiger partial charge in [0.2, 0.25) is 0 Å². The molecule has 152 valence electrons. The van der Waals surface area contributed by atoms with Gasteiger partial charge in [-0.2, -0.15) is 17.0 Å². The number of nitrogens with zero attached hydrogens (tertiary/aromatic N) is 3. The maximum atomic E-state index is 12.6. The Kier molecular flexibility index (Phi) is 7.86. The zero-order chi connectivity index (χ0) is 19.0. The van der Waals surface area contributed by atoms with Gasteiger partial charge in [-0.1, -0.05) is 18.2 Å². The van der Waals surface area contributed by atoms with Crippen molar-refractivity contribution < 1.29 is 22.6 Å². The Morgan fingerprint density at radius 3 is 2.22 bits per heavy atom. The van der Waals surface area contributed by atoms with Gasteiger partial charge >= 0.3 is 0 Å². The summed E-state index contributed by atoms with van der Waals surface area (Å²) in [5, 5.41) is 0. The van der Waals surface area contributed by atoms with E-state index in [1.54, 1.807) is 4.31 Å². The molecule has 0 aromatic heterocycles. The van der Waals surface area contributed by atoms with Gasteiger partial charge in [0.1, 0.15) is 12.4 Å². The van der Waals surface area contributed by atoms with Crippen LogP contribution in [0, 0.1) is 0 Å². The predicted octanol–water partition coefficient (Wildman–Crippen LogP) is 0.277. The number of benzene rings is 1. The van der Waals surface area contributed by atoms with Crippen LogP contribution in [0.3, 0.4) is 0 Å². The highest BCUT2D eigenvalue weighted by Crippen LogP contribution is 2.14. The summed E-state index contributed by atoms with van der Waals surface area (Å²) in [5.74, 6) is 0.846. The Labute approximate surface area is 161 Å². The van der Waals surface area contributed by atoms with Crippen LogP contribution >= 0.6 is 0 Å². The van der Waals surface area contributed by atoms with E-state index in [4.69, 9.17) is 14.2 Å². The molecular weight excluding hydrogens is 370 g/mol. The van der Waals surface area contributed by atoms with Gasteiger partial charge < -0.3 is 14.2 Å². The summed E-state index contributed by atoms with van der Waals surface area (Å²) in [6.45, 7) is 6.84. The second kappa shape index (κ2) is 10.4. The topological polar surface area (TPSA) is 71.6 Å². The lowest BCUT2D eigenvalue weighted by Gasteiger charge is -2.37. The van der Waals surface area contributed by atoms with E-state index in [2.05, 4.69) is 4.90 Å². The van der Waals surface area contributed by atoms with E-state index in [0.29, 0.717) is 59.2 Å². The van der Waals surface area contributed by atoms with Crippen LogP contribution in [0.5, 0.6) is 5.75 Å². The van der Waals surface area contributed by atoms with Crippen LogP contribution in [0.15, 0.2) is 30.3 Å². The summed E-state index contributed by atoms with van der Waals surface area (Å²) in [4.78, 5) is 2.24. The lowest BCUT2D eigenvalue weighted by molar-refractivity contribution is 0.0627. The molecule has 0 amide bonds. The second-order valence-corrected chi connectivity index (χ2v) is 8.46. The minimum Gasteiger partial charge on any atom is -0.491 e. The van der Waals surface area contributed by atoms with Gasteiger partial charge in [0.25, 0.3) is 10.2 Å². The molecule has 2 aliphatic heterocycles. The Morgan fingerprint density at radius 2 is 1.52 bits per heavy atom. The number of hydrogen-bond acceptors (Lipinski definition) is 6. The summed E-state index contributed by atoms with van der Waals surface area (Å²) in [5.41, 5.74) is 0. The maximum Gasteiger partial charge on any atom is 0.282 e. The first-order valence-corrected chi connectivity index (χ1v) is 10.9. The lowest BCUT2D eigenvalue weighted by Crippen LogP contribution is -2.55. The first-order valence-electron chi connectivity index (χ1n) is 9.47. The molecule has 0 bridgehead atoms. The molecule has 0 radical (unpaired) electrons. The third-order valence-corrected chi connectivity index (χ3v) is 6.78. The van der Waals surface area contributed by atoms with E-state index in [1.165, 1.54) is 4.31 Å². The second-order valence-electron chi connectivity index (χ2n) is 6.53. The first kappa shape index (κ1) is 20.5. The summed E-state index contributed by atoms with van der Waals surface area (Å²) >= 11 is 0. The molecular formula is C18H29N3O5S. The molecule has 0 saturated carbocycles. The van der Waals surface area contributed by atoms with Crippen LogP contribution in [0.1, 0.15) is 0 Å². The third-order valence-electron chi connectivity index (χ3n) is 4.75. The minimum atomic E-state index is -3.36. The number of piperazine rings is 1. The Bertz CT molecular complexity index is 644. The summed E-state index contributed by atoms with van der Waals surface area (Å²) in [6.07, 6.45) is 0. The van der Waals surface area contributed by atoms with Crippen molar-refractivity contribution in [3.63, 3.8) is 0 Å². The highest BCUT2D eigenvalue weighted by molar-refractivity contribution is 7.86. The fourth-order valence-electron chi connectivity index (χ4n) is 3.16. The molecule has 0 spiro atoms. The van der Waals surface area contributed by atoms with Gasteiger partial charge in [-0.3, -0.25) is 4.90 Å². The number of ether oxygens (including phenoxy) is 3. The van der Waals surface area contributed by atoms with Crippen molar-refractivity contribution in [1.29, 1.82) is 0 Å². The summed E-state index contributed by atoms with van der Waals surface area (Å²) in [7, 11) is -3.36. The van der Waals surface area contributed by atoms with E-state index >= 15 is 0 Å². The molecule has 3 rings (SSSR count). The molecule has 27 heavy (non-hydrogen) atoms. The summed E-state index contributed by atoms with van der Waals surface area (Å²) in [6, 6.07) is 9.67. The van der Waals surface area contributed by atoms with Crippen molar-refractivity contribution in [3.8, 4) is 5.75 Å². The number of para-hydroxylation sites is 1. The molecule has 8 nitrogen and oxygen atoms in total. The molecule has 2 aliphatic rings. The number of morpholine rings is 1. The van der Waals surface area contributed by atoms with Crippen molar-refractivity contribution in [3.05, 3.63) is 30.3 Å². The molecule has 0 aliphatic carbocycles. The van der Waals surface area contributed by atoms with Gasteiger partial charge in [0, 0.05) is 45.8 Å². The fraction of sp³-hybridized carbons (Fsp3) is 0.667. The molecule has 2 saturated heterocycles. The Hall–Kier alpha value is -1.23. The number of hydrogen-bond donors (Lipinski definition) is 0. The van der Waals surface area contributed by atoms with Crippen molar-refractivity contribution in [2.75, 3.05) is 78.8 Å². The van der Waals surface area contributed by atoms with E-state index in [1.807, 2.05) is 30.3 Å².